The van der Waals surface area contributed by atoms with E-state index in [9.17, 15) is 5.11 Å². The molecule has 1 aliphatic carbocycles. The zero-order valence-electron chi connectivity index (χ0n) is 9.15. The molecule has 1 unspecified atom stereocenters. The van der Waals surface area contributed by atoms with Gasteiger partial charge >= 0.3 is 0 Å². The summed E-state index contributed by atoms with van der Waals surface area (Å²) in [5.74, 6) is 1.41. The minimum atomic E-state index is -0.160. The summed E-state index contributed by atoms with van der Waals surface area (Å²) in [5, 5.41) is 9.92. The number of methoxy groups -OCH3 is 1. The van der Waals surface area contributed by atoms with Crippen molar-refractivity contribution in [3.63, 3.8) is 0 Å². The van der Waals surface area contributed by atoms with Crippen LogP contribution in [0.5, 0.6) is 5.75 Å². The van der Waals surface area contributed by atoms with E-state index in [4.69, 9.17) is 4.74 Å². The number of hydrogen-bond donors (Lipinski definition) is 1. The predicted molar refractivity (Wildman–Crippen MR) is 60.0 cm³/mol. The Morgan fingerprint density at radius 3 is 2.47 bits per heavy atom. The second-order valence-electron chi connectivity index (χ2n) is 4.31. The van der Waals surface area contributed by atoms with E-state index in [2.05, 4.69) is 0 Å². The lowest BCUT2D eigenvalue weighted by Gasteiger charge is -2.30. The van der Waals surface area contributed by atoms with Crippen molar-refractivity contribution < 1.29 is 9.84 Å². The fourth-order valence-electron chi connectivity index (χ4n) is 1.99. The highest BCUT2D eigenvalue weighted by Crippen LogP contribution is 2.31. The van der Waals surface area contributed by atoms with Gasteiger partial charge in [0.05, 0.1) is 13.2 Å². The minimum absolute atomic E-state index is 0.160. The molecule has 0 spiro atoms. The van der Waals surface area contributed by atoms with Gasteiger partial charge in [0.15, 0.2) is 0 Å². The van der Waals surface area contributed by atoms with E-state index in [-0.39, 0.29) is 6.10 Å². The number of hydrogen-bond acceptors (Lipinski definition) is 2. The van der Waals surface area contributed by atoms with Gasteiger partial charge in [0, 0.05) is 0 Å². The van der Waals surface area contributed by atoms with Crippen LogP contribution in [0.1, 0.15) is 24.8 Å². The number of aliphatic hydroxyl groups is 1. The maximum absolute atomic E-state index is 9.92. The van der Waals surface area contributed by atoms with Crippen molar-refractivity contribution in [3.05, 3.63) is 29.8 Å². The molecule has 1 fully saturated rings. The molecule has 1 aromatic carbocycles. The number of ether oxygens (including phenoxy) is 1. The highest BCUT2D eigenvalue weighted by molar-refractivity contribution is 5.27. The quantitative estimate of drug-likeness (QED) is 0.819. The smallest absolute Gasteiger partial charge is 0.118 e. The van der Waals surface area contributed by atoms with Crippen LogP contribution in [-0.4, -0.2) is 18.3 Å². The Labute approximate surface area is 90.9 Å². The van der Waals surface area contributed by atoms with E-state index in [1.165, 1.54) is 24.8 Å². The van der Waals surface area contributed by atoms with Crippen LogP contribution in [-0.2, 0) is 6.42 Å². The molecule has 82 valence electrons. The first-order valence-electron chi connectivity index (χ1n) is 5.60. The molecule has 1 saturated carbocycles. The van der Waals surface area contributed by atoms with E-state index in [1.54, 1.807) is 7.11 Å². The van der Waals surface area contributed by atoms with Gasteiger partial charge in [-0.2, -0.15) is 0 Å². The Balaban J connectivity index is 1.91. The van der Waals surface area contributed by atoms with Crippen molar-refractivity contribution in [1.82, 2.24) is 0 Å². The maximum Gasteiger partial charge on any atom is 0.118 e. The van der Waals surface area contributed by atoms with Crippen LogP contribution in [0.25, 0.3) is 0 Å². The molecule has 2 heteroatoms. The SMILES string of the molecule is COc1ccc(CC(O)C2CCC2)cc1. The molecule has 0 amide bonds. The summed E-state index contributed by atoms with van der Waals surface area (Å²) in [5.41, 5.74) is 1.19. The Hall–Kier alpha value is -1.02. The van der Waals surface area contributed by atoms with E-state index in [1.807, 2.05) is 24.3 Å². The molecule has 1 aromatic rings. The van der Waals surface area contributed by atoms with Gasteiger partial charge in [-0.1, -0.05) is 18.6 Å². The number of rotatable bonds is 4. The zero-order chi connectivity index (χ0) is 10.7. The molecule has 0 aliphatic heterocycles. The molecule has 0 aromatic heterocycles. The van der Waals surface area contributed by atoms with Gasteiger partial charge in [0.2, 0.25) is 0 Å². The largest absolute Gasteiger partial charge is 0.497 e. The summed E-state index contributed by atoms with van der Waals surface area (Å²) in [4.78, 5) is 0. The van der Waals surface area contributed by atoms with Crippen LogP contribution in [0.3, 0.4) is 0 Å². The standard InChI is InChI=1S/C13H18O2/c1-15-12-7-5-10(6-8-12)9-13(14)11-3-2-4-11/h5-8,11,13-14H,2-4,9H2,1H3. The van der Waals surface area contributed by atoms with Crippen molar-refractivity contribution >= 4 is 0 Å². The lowest BCUT2D eigenvalue weighted by atomic mass is 9.79. The average Bonchev–Trinajstić information content (AvgIpc) is 2.16. The van der Waals surface area contributed by atoms with Crippen LogP contribution in [0.2, 0.25) is 0 Å². The van der Waals surface area contributed by atoms with Crippen molar-refractivity contribution in [2.24, 2.45) is 5.92 Å². The molecule has 2 rings (SSSR count). The third kappa shape index (κ3) is 2.51. The molecular formula is C13H18O2. The monoisotopic (exact) mass is 206 g/mol. The van der Waals surface area contributed by atoms with Crippen LogP contribution in [0.4, 0.5) is 0 Å². The summed E-state index contributed by atoms with van der Waals surface area (Å²) in [6.07, 6.45) is 4.28. The molecule has 15 heavy (non-hydrogen) atoms. The van der Waals surface area contributed by atoms with Crippen molar-refractivity contribution in [3.8, 4) is 5.75 Å². The van der Waals surface area contributed by atoms with Gasteiger partial charge in [-0.25, -0.2) is 0 Å². The topological polar surface area (TPSA) is 29.5 Å². The lowest BCUT2D eigenvalue weighted by Crippen LogP contribution is -2.28. The summed E-state index contributed by atoms with van der Waals surface area (Å²) in [6, 6.07) is 7.95. The van der Waals surface area contributed by atoms with E-state index in [0.29, 0.717) is 5.92 Å². The van der Waals surface area contributed by atoms with Crippen LogP contribution in [0.15, 0.2) is 24.3 Å². The summed E-state index contributed by atoms with van der Waals surface area (Å²) >= 11 is 0. The lowest BCUT2D eigenvalue weighted by molar-refractivity contribution is 0.0630. The molecule has 0 bridgehead atoms. The second-order valence-corrected chi connectivity index (χ2v) is 4.31. The summed E-state index contributed by atoms with van der Waals surface area (Å²) < 4.78 is 5.09. The fourth-order valence-corrected chi connectivity index (χ4v) is 1.99. The Morgan fingerprint density at radius 1 is 1.33 bits per heavy atom. The van der Waals surface area contributed by atoms with E-state index < -0.39 is 0 Å². The van der Waals surface area contributed by atoms with Gasteiger partial charge in [0.1, 0.15) is 5.75 Å². The molecule has 0 heterocycles. The fraction of sp³-hybridized carbons (Fsp3) is 0.538. The van der Waals surface area contributed by atoms with Crippen molar-refractivity contribution in [2.45, 2.75) is 31.8 Å². The van der Waals surface area contributed by atoms with Crippen molar-refractivity contribution in [2.75, 3.05) is 7.11 Å². The Bertz CT molecular complexity index is 301. The highest BCUT2D eigenvalue weighted by atomic mass is 16.5. The molecule has 1 aliphatic rings. The van der Waals surface area contributed by atoms with Gasteiger partial charge in [-0.3, -0.25) is 0 Å². The normalized spacial score (nSPS) is 18.3. The average molecular weight is 206 g/mol. The second kappa shape index (κ2) is 4.67. The molecular weight excluding hydrogens is 188 g/mol. The maximum atomic E-state index is 9.92. The van der Waals surface area contributed by atoms with Crippen LogP contribution in [0, 0.1) is 5.92 Å². The number of benzene rings is 1. The first-order valence-corrected chi connectivity index (χ1v) is 5.60. The van der Waals surface area contributed by atoms with E-state index in [0.717, 1.165) is 12.2 Å². The van der Waals surface area contributed by atoms with E-state index >= 15 is 0 Å². The van der Waals surface area contributed by atoms with Crippen LogP contribution >= 0.6 is 0 Å². The Kier molecular flexibility index (Phi) is 3.27. The first kappa shape index (κ1) is 10.5. The summed E-state index contributed by atoms with van der Waals surface area (Å²) in [7, 11) is 1.66. The van der Waals surface area contributed by atoms with Crippen molar-refractivity contribution in [1.29, 1.82) is 0 Å². The summed E-state index contributed by atoms with van der Waals surface area (Å²) in [6.45, 7) is 0. The van der Waals surface area contributed by atoms with Crippen LogP contribution < -0.4 is 4.74 Å². The third-order valence-corrected chi connectivity index (χ3v) is 3.30. The highest BCUT2D eigenvalue weighted by Gasteiger charge is 2.25. The molecule has 1 atom stereocenters. The molecule has 2 nitrogen and oxygen atoms in total. The molecule has 1 N–H and O–H groups in total. The zero-order valence-corrected chi connectivity index (χ0v) is 9.15. The predicted octanol–water partition coefficient (Wildman–Crippen LogP) is 2.40. The van der Waals surface area contributed by atoms with Gasteiger partial charge < -0.3 is 9.84 Å². The van der Waals surface area contributed by atoms with Gasteiger partial charge in [-0.05, 0) is 42.9 Å². The van der Waals surface area contributed by atoms with Gasteiger partial charge in [-0.15, -0.1) is 0 Å². The first-order chi connectivity index (χ1) is 7.29. The third-order valence-electron chi connectivity index (χ3n) is 3.30. The minimum Gasteiger partial charge on any atom is -0.497 e. The Morgan fingerprint density at radius 2 is 2.00 bits per heavy atom. The van der Waals surface area contributed by atoms with Gasteiger partial charge in [0.25, 0.3) is 0 Å². The number of aliphatic hydroxyl groups excluding tert-OH is 1. The molecule has 0 saturated heterocycles. The molecule has 0 radical (unpaired) electrons.